The molecule has 1 nitrogen and oxygen atoms in total. The van der Waals surface area contributed by atoms with Crippen molar-refractivity contribution in [2.24, 2.45) is 0 Å². The van der Waals surface area contributed by atoms with Gasteiger partial charge in [-0.3, -0.25) is 0 Å². The van der Waals surface area contributed by atoms with E-state index in [-0.39, 0.29) is 20.7 Å². The Hall–Kier alpha value is -0.190. The molecule has 13 heavy (non-hydrogen) atoms. The Balaban J connectivity index is 3.10. The first kappa shape index (κ1) is 10.9. The summed E-state index contributed by atoms with van der Waals surface area (Å²) in [5.74, 6) is -0.201. The molecular formula is C7H4Cl2F2OS. The predicted molar refractivity (Wildman–Crippen MR) is 50.3 cm³/mol. The van der Waals surface area contributed by atoms with Crippen LogP contribution in [-0.4, -0.2) is 6.61 Å². The van der Waals surface area contributed by atoms with E-state index in [2.05, 4.69) is 17.4 Å². The molecule has 0 saturated heterocycles. The number of hydrogen-bond acceptors (Lipinski definition) is 2. The Morgan fingerprint density at radius 1 is 1.31 bits per heavy atom. The molecule has 0 unspecified atom stereocenters. The summed E-state index contributed by atoms with van der Waals surface area (Å²) in [7, 11) is 0. The third kappa shape index (κ3) is 2.62. The fraction of sp³-hybridized carbons (Fsp3) is 0.143. The summed E-state index contributed by atoms with van der Waals surface area (Å²) in [5.41, 5.74) is 0. The second-order valence-electron chi connectivity index (χ2n) is 2.09. The number of halogens is 4. The molecule has 0 bridgehead atoms. The first-order chi connectivity index (χ1) is 6.02. The number of ether oxygens (including phenoxy) is 1. The van der Waals surface area contributed by atoms with Crippen LogP contribution in [0.3, 0.4) is 0 Å². The normalized spacial score (nSPS) is 10.6. The van der Waals surface area contributed by atoms with Gasteiger partial charge < -0.3 is 4.74 Å². The minimum absolute atomic E-state index is 0.0607. The monoisotopic (exact) mass is 244 g/mol. The van der Waals surface area contributed by atoms with Crippen LogP contribution < -0.4 is 4.74 Å². The summed E-state index contributed by atoms with van der Waals surface area (Å²) in [6, 6.07) is 2.87. The Bertz CT molecular complexity index is 320. The van der Waals surface area contributed by atoms with E-state index in [1.54, 1.807) is 0 Å². The molecule has 0 aliphatic carbocycles. The Morgan fingerprint density at radius 3 is 2.46 bits per heavy atom. The summed E-state index contributed by atoms with van der Waals surface area (Å²) in [5, 5.41) is 0.0876. The number of rotatable bonds is 2. The molecule has 0 amide bonds. The molecule has 6 heteroatoms. The fourth-order valence-electron chi connectivity index (χ4n) is 0.723. The fourth-order valence-corrected chi connectivity index (χ4v) is 1.39. The lowest BCUT2D eigenvalue weighted by molar-refractivity contribution is -0.0515. The first-order valence-corrected chi connectivity index (χ1v) is 4.34. The molecule has 0 saturated carbocycles. The second kappa shape index (κ2) is 4.35. The van der Waals surface area contributed by atoms with E-state index in [9.17, 15) is 8.78 Å². The van der Waals surface area contributed by atoms with E-state index in [0.29, 0.717) is 0 Å². The van der Waals surface area contributed by atoms with Crippen LogP contribution in [0.2, 0.25) is 10.0 Å². The van der Waals surface area contributed by atoms with Crippen LogP contribution in [0.5, 0.6) is 5.75 Å². The smallest absolute Gasteiger partial charge is 0.387 e. The highest BCUT2D eigenvalue weighted by atomic mass is 35.5. The maximum atomic E-state index is 11.9. The van der Waals surface area contributed by atoms with Crippen LogP contribution in [-0.2, 0) is 0 Å². The van der Waals surface area contributed by atoms with E-state index in [1.165, 1.54) is 12.1 Å². The molecule has 72 valence electrons. The van der Waals surface area contributed by atoms with Crippen molar-refractivity contribution in [1.82, 2.24) is 0 Å². The summed E-state index contributed by atoms with van der Waals surface area (Å²) in [4.78, 5) is 0.217. The van der Waals surface area contributed by atoms with Gasteiger partial charge in [0.25, 0.3) is 0 Å². The molecule has 1 aromatic rings. The highest BCUT2D eigenvalue weighted by Gasteiger charge is 2.14. The zero-order valence-electron chi connectivity index (χ0n) is 6.10. The molecule has 0 aliphatic rings. The molecule has 1 aromatic carbocycles. The first-order valence-electron chi connectivity index (χ1n) is 3.14. The van der Waals surface area contributed by atoms with Gasteiger partial charge in [-0.25, -0.2) is 0 Å². The molecule has 0 atom stereocenters. The second-order valence-corrected chi connectivity index (χ2v) is 3.36. The van der Waals surface area contributed by atoms with E-state index < -0.39 is 6.61 Å². The van der Waals surface area contributed by atoms with E-state index >= 15 is 0 Å². The summed E-state index contributed by atoms with van der Waals surface area (Å²) in [6.45, 7) is -2.94. The average Bonchev–Trinajstić information content (AvgIpc) is 2.05. The molecule has 0 fully saturated rings. The van der Waals surface area contributed by atoms with Crippen molar-refractivity contribution in [1.29, 1.82) is 0 Å². The van der Waals surface area contributed by atoms with Gasteiger partial charge in [0.05, 0.1) is 5.02 Å². The Labute approximate surface area is 89.0 Å². The largest absolute Gasteiger partial charge is 0.432 e. The molecule has 0 spiro atoms. The van der Waals surface area contributed by atoms with Gasteiger partial charge in [-0.15, -0.1) is 12.6 Å². The standard InChI is InChI=1S/C7H4Cl2F2OS/c8-3-1-2-4(13)6(5(3)9)12-7(10)11/h1-2,7,13H. The number of thiol groups is 1. The minimum Gasteiger partial charge on any atom is -0.432 e. The van der Waals surface area contributed by atoms with Gasteiger partial charge in [-0.05, 0) is 12.1 Å². The Kier molecular flexibility index (Phi) is 3.64. The number of benzene rings is 1. The third-order valence-electron chi connectivity index (χ3n) is 1.24. The number of alkyl halides is 2. The van der Waals surface area contributed by atoms with Crippen LogP contribution in [0, 0.1) is 0 Å². The molecular weight excluding hydrogens is 241 g/mol. The third-order valence-corrected chi connectivity index (χ3v) is 2.38. The maximum absolute atomic E-state index is 11.9. The molecule has 0 N–H and O–H groups in total. The van der Waals surface area contributed by atoms with Crippen LogP contribution in [0.4, 0.5) is 8.78 Å². The van der Waals surface area contributed by atoms with Crippen LogP contribution in [0.1, 0.15) is 0 Å². The van der Waals surface area contributed by atoms with Gasteiger partial charge in [0.1, 0.15) is 5.02 Å². The zero-order valence-corrected chi connectivity index (χ0v) is 8.51. The zero-order chi connectivity index (χ0) is 10.0. The van der Waals surface area contributed by atoms with Crippen molar-refractivity contribution in [3.8, 4) is 5.75 Å². The Morgan fingerprint density at radius 2 is 1.92 bits per heavy atom. The van der Waals surface area contributed by atoms with Gasteiger partial charge in [0, 0.05) is 4.90 Å². The van der Waals surface area contributed by atoms with Gasteiger partial charge in [0.2, 0.25) is 0 Å². The van der Waals surface area contributed by atoms with Gasteiger partial charge in [-0.1, -0.05) is 23.2 Å². The lowest BCUT2D eigenvalue weighted by atomic mass is 10.3. The predicted octanol–water partition coefficient (Wildman–Crippen LogP) is 3.88. The van der Waals surface area contributed by atoms with Crippen molar-refractivity contribution in [3.63, 3.8) is 0 Å². The molecule has 0 radical (unpaired) electrons. The lowest BCUT2D eigenvalue weighted by Gasteiger charge is -2.09. The van der Waals surface area contributed by atoms with Crippen LogP contribution in [0.15, 0.2) is 17.0 Å². The highest BCUT2D eigenvalue weighted by Crippen LogP contribution is 2.37. The molecule has 0 heterocycles. The summed E-state index contributed by atoms with van der Waals surface area (Å²) < 4.78 is 27.8. The van der Waals surface area contributed by atoms with Crippen molar-refractivity contribution >= 4 is 35.8 Å². The molecule has 1 rings (SSSR count). The van der Waals surface area contributed by atoms with E-state index in [0.717, 1.165) is 0 Å². The van der Waals surface area contributed by atoms with Crippen LogP contribution >= 0.6 is 35.8 Å². The van der Waals surface area contributed by atoms with Crippen LogP contribution in [0.25, 0.3) is 0 Å². The van der Waals surface area contributed by atoms with Crippen molar-refractivity contribution < 1.29 is 13.5 Å². The SMILES string of the molecule is FC(F)Oc1c(S)ccc(Cl)c1Cl. The average molecular weight is 245 g/mol. The number of hydrogen-bond donors (Lipinski definition) is 1. The quantitative estimate of drug-likeness (QED) is 0.778. The lowest BCUT2D eigenvalue weighted by Crippen LogP contribution is -2.03. The molecule has 0 aliphatic heterocycles. The van der Waals surface area contributed by atoms with Gasteiger partial charge in [-0.2, -0.15) is 8.78 Å². The van der Waals surface area contributed by atoms with Gasteiger partial charge in [0.15, 0.2) is 5.75 Å². The minimum atomic E-state index is -2.94. The maximum Gasteiger partial charge on any atom is 0.387 e. The van der Waals surface area contributed by atoms with Crippen molar-refractivity contribution in [2.45, 2.75) is 11.5 Å². The topological polar surface area (TPSA) is 9.23 Å². The summed E-state index contributed by atoms with van der Waals surface area (Å²) in [6.07, 6.45) is 0. The van der Waals surface area contributed by atoms with Gasteiger partial charge >= 0.3 is 6.61 Å². The van der Waals surface area contributed by atoms with Crippen molar-refractivity contribution in [2.75, 3.05) is 0 Å². The highest BCUT2D eigenvalue weighted by molar-refractivity contribution is 7.80. The molecule has 0 aromatic heterocycles. The van der Waals surface area contributed by atoms with E-state index in [4.69, 9.17) is 23.2 Å². The van der Waals surface area contributed by atoms with Crippen molar-refractivity contribution in [3.05, 3.63) is 22.2 Å². The van der Waals surface area contributed by atoms with E-state index in [1.807, 2.05) is 0 Å². The summed E-state index contributed by atoms with van der Waals surface area (Å²) >= 11 is 15.1.